The molecule has 1 fully saturated rings. The molecule has 1 aliphatic rings. The van der Waals surface area contributed by atoms with Crippen molar-refractivity contribution in [2.24, 2.45) is 5.73 Å². The number of hydrogen-bond acceptors (Lipinski definition) is 7. The summed E-state index contributed by atoms with van der Waals surface area (Å²) < 4.78 is 6.02. The van der Waals surface area contributed by atoms with E-state index in [0.717, 1.165) is 76.0 Å². The summed E-state index contributed by atoms with van der Waals surface area (Å²) in [6, 6.07) is 15.8. The number of piperidine rings is 1. The Morgan fingerprint density at radius 1 is 1.07 bits per heavy atom. The molecule has 2 aromatic carbocycles. The van der Waals surface area contributed by atoms with Gasteiger partial charge in [-0.05, 0) is 91.7 Å². The number of pyridine rings is 2. The van der Waals surface area contributed by atoms with Crippen LogP contribution in [0.4, 0.5) is 16.3 Å². The number of amides is 2. The number of primary amides is 1. The minimum Gasteiger partial charge on any atom is -0.493 e. The van der Waals surface area contributed by atoms with Crippen molar-refractivity contribution in [2.45, 2.75) is 58.5 Å². The number of anilines is 2. The number of nitrogens with zero attached hydrogens (tertiary/aromatic N) is 3. The van der Waals surface area contributed by atoms with Gasteiger partial charge in [0.25, 0.3) is 0 Å². The number of urea groups is 1. The van der Waals surface area contributed by atoms with Crippen molar-refractivity contribution < 1.29 is 19.4 Å². The van der Waals surface area contributed by atoms with Crippen molar-refractivity contribution in [3.8, 4) is 16.9 Å². The number of likely N-dealkylation sites (tertiary alicyclic amines) is 1. The highest BCUT2D eigenvalue weighted by molar-refractivity contribution is 5.91. The average Bonchev–Trinajstić information content (AvgIpc) is 3.00. The van der Waals surface area contributed by atoms with E-state index in [1.165, 1.54) is 0 Å². The lowest BCUT2D eigenvalue weighted by Crippen LogP contribution is -2.40. The normalized spacial score (nSPS) is 15.2. The van der Waals surface area contributed by atoms with Gasteiger partial charge in [0.05, 0.1) is 13.0 Å². The van der Waals surface area contributed by atoms with Gasteiger partial charge in [0.2, 0.25) is 0 Å². The number of carboxylic acids is 1. The van der Waals surface area contributed by atoms with E-state index < -0.39 is 12.0 Å². The van der Waals surface area contributed by atoms with Crippen molar-refractivity contribution in [1.82, 2.24) is 20.2 Å². The minimum absolute atomic E-state index is 0.0586. The van der Waals surface area contributed by atoms with Crippen LogP contribution in [0.15, 0.2) is 60.9 Å². The zero-order valence-corrected chi connectivity index (χ0v) is 25.3. The minimum atomic E-state index is -0.748. The van der Waals surface area contributed by atoms with Gasteiger partial charge < -0.3 is 26.2 Å². The lowest BCUT2D eigenvalue weighted by molar-refractivity contribution is -0.138. The standard InChI is InChI=1S/C34H40N6O4/c1-22-27(28-10-6-12-30(23(28)2)44-17-7-14-37-34(35)43)9-5-11-29(22)39-33-32-25(13-15-36-33)18-24(20-38-32)21-40-16-4-3-8-26(40)19-31(41)42/h5-6,9-13,15,18,20,26H,3-4,7-8,14,16-17,19,21H2,1-2H3,(H,36,39)(H,41,42)(H3,35,37,43). The largest absolute Gasteiger partial charge is 0.493 e. The van der Waals surface area contributed by atoms with E-state index >= 15 is 0 Å². The Bertz CT molecular complexity index is 1640. The van der Waals surface area contributed by atoms with Gasteiger partial charge in [-0.15, -0.1) is 0 Å². The van der Waals surface area contributed by atoms with Crippen LogP contribution in [0.5, 0.6) is 5.75 Å². The summed E-state index contributed by atoms with van der Waals surface area (Å²) in [6.07, 6.45) is 7.56. The van der Waals surface area contributed by atoms with Crippen LogP contribution in [0.25, 0.3) is 22.0 Å². The van der Waals surface area contributed by atoms with E-state index in [1.807, 2.05) is 43.5 Å². The highest BCUT2D eigenvalue weighted by atomic mass is 16.5. The fourth-order valence-electron chi connectivity index (χ4n) is 5.94. The second-order valence-corrected chi connectivity index (χ2v) is 11.3. The number of nitrogens with two attached hydrogens (primary N) is 1. The Kier molecular flexibility index (Phi) is 9.91. The number of fused-ring (bicyclic) bond motifs is 1. The Labute approximate surface area is 257 Å². The van der Waals surface area contributed by atoms with Gasteiger partial charge in [-0.1, -0.05) is 30.7 Å². The fourth-order valence-corrected chi connectivity index (χ4v) is 5.94. The van der Waals surface area contributed by atoms with Crippen LogP contribution in [-0.4, -0.2) is 57.7 Å². The second-order valence-electron chi connectivity index (χ2n) is 11.3. The highest BCUT2D eigenvalue weighted by Crippen LogP contribution is 2.36. The summed E-state index contributed by atoms with van der Waals surface area (Å²) in [5.74, 6) is 0.727. The molecule has 5 N–H and O–H groups in total. The third-order valence-electron chi connectivity index (χ3n) is 8.24. The predicted molar refractivity (Wildman–Crippen MR) is 172 cm³/mol. The van der Waals surface area contributed by atoms with Crippen molar-refractivity contribution in [2.75, 3.05) is 25.0 Å². The van der Waals surface area contributed by atoms with E-state index in [2.05, 4.69) is 45.6 Å². The smallest absolute Gasteiger partial charge is 0.312 e. The molecule has 2 aromatic heterocycles. The number of carbonyl (C=O) groups excluding carboxylic acids is 1. The van der Waals surface area contributed by atoms with E-state index in [9.17, 15) is 14.7 Å². The molecule has 2 amide bonds. The van der Waals surface area contributed by atoms with Crippen LogP contribution in [0.3, 0.4) is 0 Å². The van der Waals surface area contributed by atoms with Gasteiger partial charge in [0, 0.05) is 42.6 Å². The molecule has 1 aliphatic heterocycles. The third-order valence-corrected chi connectivity index (χ3v) is 8.24. The van der Waals surface area contributed by atoms with Crippen LogP contribution in [0.2, 0.25) is 0 Å². The van der Waals surface area contributed by atoms with Crippen molar-refractivity contribution in [3.63, 3.8) is 0 Å². The van der Waals surface area contributed by atoms with Gasteiger partial charge in [-0.25, -0.2) is 9.78 Å². The summed E-state index contributed by atoms with van der Waals surface area (Å²) in [6.45, 7) is 6.64. The first-order valence-electron chi connectivity index (χ1n) is 15.1. The van der Waals surface area contributed by atoms with Gasteiger partial charge in [-0.2, -0.15) is 0 Å². The first kappa shape index (κ1) is 30.7. The number of aromatic nitrogens is 2. The molecular formula is C34H40N6O4. The molecule has 10 heteroatoms. The van der Waals surface area contributed by atoms with E-state index in [-0.39, 0.29) is 12.5 Å². The van der Waals surface area contributed by atoms with Crippen LogP contribution in [0.1, 0.15) is 48.8 Å². The number of ether oxygens (including phenoxy) is 1. The zero-order valence-electron chi connectivity index (χ0n) is 25.3. The van der Waals surface area contributed by atoms with Gasteiger partial charge in [-0.3, -0.25) is 14.7 Å². The van der Waals surface area contributed by atoms with Crippen LogP contribution < -0.4 is 21.1 Å². The molecule has 3 heterocycles. The Balaban J connectivity index is 1.33. The Morgan fingerprint density at radius 3 is 2.66 bits per heavy atom. The van der Waals surface area contributed by atoms with Crippen molar-refractivity contribution >= 4 is 34.4 Å². The summed E-state index contributed by atoms with van der Waals surface area (Å²) in [5, 5.41) is 16.4. The molecule has 44 heavy (non-hydrogen) atoms. The molecule has 0 bridgehead atoms. The number of nitrogens with one attached hydrogen (secondary N) is 2. The average molecular weight is 597 g/mol. The molecule has 10 nitrogen and oxygen atoms in total. The molecule has 1 saturated heterocycles. The molecule has 0 aliphatic carbocycles. The molecule has 230 valence electrons. The third kappa shape index (κ3) is 7.44. The molecule has 0 saturated carbocycles. The van der Waals surface area contributed by atoms with E-state index in [0.29, 0.717) is 31.9 Å². The lowest BCUT2D eigenvalue weighted by Gasteiger charge is -2.34. The molecule has 0 radical (unpaired) electrons. The molecule has 1 unspecified atom stereocenters. The quantitative estimate of drug-likeness (QED) is 0.148. The first-order chi connectivity index (χ1) is 21.3. The maximum absolute atomic E-state index is 11.4. The summed E-state index contributed by atoms with van der Waals surface area (Å²) in [5.41, 5.74) is 12.2. The van der Waals surface area contributed by atoms with Gasteiger partial charge >= 0.3 is 12.0 Å². The monoisotopic (exact) mass is 596 g/mol. The van der Waals surface area contributed by atoms with E-state index in [4.69, 9.17) is 15.5 Å². The van der Waals surface area contributed by atoms with Crippen LogP contribution in [-0.2, 0) is 11.3 Å². The number of carboxylic acid groups (broad SMARTS) is 1. The lowest BCUT2D eigenvalue weighted by atomic mass is 9.95. The number of rotatable bonds is 12. The Morgan fingerprint density at radius 2 is 1.86 bits per heavy atom. The second kappa shape index (κ2) is 14.2. The molecule has 0 spiro atoms. The predicted octanol–water partition coefficient (Wildman–Crippen LogP) is 5.92. The Hall–Kier alpha value is -4.70. The maximum Gasteiger partial charge on any atom is 0.312 e. The maximum atomic E-state index is 11.4. The molecular weight excluding hydrogens is 556 g/mol. The van der Waals surface area contributed by atoms with Crippen molar-refractivity contribution in [3.05, 3.63) is 77.6 Å². The van der Waals surface area contributed by atoms with Gasteiger partial charge in [0.15, 0.2) is 5.82 Å². The van der Waals surface area contributed by atoms with Crippen LogP contribution in [0, 0.1) is 13.8 Å². The summed E-state index contributed by atoms with van der Waals surface area (Å²) in [7, 11) is 0. The number of carbonyl (C=O) groups is 2. The topological polar surface area (TPSA) is 143 Å². The summed E-state index contributed by atoms with van der Waals surface area (Å²) >= 11 is 0. The number of benzene rings is 2. The molecule has 5 rings (SSSR count). The summed E-state index contributed by atoms with van der Waals surface area (Å²) in [4.78, 5) is 34.0. The molecule has 4 aromatic rings. The van der Waals surface area contributed by atoms with Crippen LogP contribution >= 0.6 is 0 Å². The first-order valence-corrected chi connectivity index (χ1v) is 15.1. The van der Waals surface area contributed by atoms with Gasteiger partial charge in [0.1, 0.15) is 11.3 Å². The zero-order chi connectivity index (χ0) is 31.1. The van der Waals surface area contributed by atoms with Crippen molar-refractivity contribution in [1.29, 1.82) is 0 Å². The van der Waals surface area contributed by atoms with E-state index in [1.54, 1.807) is 6.20 Å². The highest BCUT2D eigenvalue weighted by Gasteiger charge is 2.25. The fraction of sp³-hybridized carbons (Fsp3) is 0.353. The SMILES string of the molecule is Cc1c(Nc2nccc3cc(CN4CCCCC4CC(=O)O)cnc23)cccc1-c1cccc(OCCCNC(N)=O)c1C. The molecule has 1 atom stereocenters. The number of aliphatic carboxylic acids is 1. The number of hydrogen-bond donors (Lipinski definition) is 4.